The molecule has 2 aliphatic rings. The van der Waals surface area contributed by atoms with Gasteiger partial charge >= 0.3 is 5.97 Å². The van der Waals surface area contributed by atoms with E-state index in [1.54, 1.807) is 17.3 Å². The topological polar surface area (TPSA) is 49.7 Å². The minimum absolute atomic E-state index is 0.0671. The van der Waals surface area contributed by atoms with Crippen LogP contribution >= 0.6 is 11.8 Å². The Morgan fingerprint density at radius 1 is 1.64 bits per heavy atom. The maximum absolute atomic E-state index is 10.7. The van der Waals surface area contributed by atoms with Crippen molar-refractivity contribution in [1.29, 1.82) is 0 Å². The van der Waals surface area contributed by atoms with E-state index < -0.39 is 5.97 Å². The average Bonchev–Trinajstić information content (AvgIpc) is 2.41. The molecule has 1 heterocycles. The van der Waals surface area contributed by atoms with Crippen LogP contribution in [0.2, 0.25) is 0 Å². The molecule has 2 rings (SSSR count). The normalized spacial score (nSPS) is 40.9. The van der Waals surface area contributed by atoms with Crippen LogP contribution in [0.3, 0.4) is 0 Å². The Morgan fingerprint density at radius 3 is 3.18 bits per heavy atom. The lowest BCUT2D eigenvalue weighted by atomic mass is 10.1. The second kappa shape index (κ2) is 2.52. The third-order valence-electron chi connectivity index (χ3n) is 2.34. The van der Waals surface area contributed by atoms with E-state index in [9.17, 15) is 4.79 Å². The highest BCUT2D eigenvalue weighted by Gasteiger charge is 2.42. The highest BCUT2D eigenvalue weighted by atomic mass is 32.2. The first kappa shape index (κ1) is 7.16. The Hall–Kier alpha value is -0.510. The molecule has 1 aliphatic carbocycles. The number of thioether (sulfide) groups is 1. The van der Waals surface area contributed by atoms with Gasteiger partial charge in [-0.2, -0.15) is 0 Å². The molecule has 1 fully saturated rings. The zero-order valence-corrected chi connectivity index (χ0v) is 6.75. The number of carboxylic acid groups (broad SMARTS) is 1. The predicted molar refractivity (Wildman–Crippen MR) is 44.0 cm³/mol. The van der Waals surface area contributed by atoms with Gasteiger partial charge in [-0.15, -0.1) is 11.8 Å². The molecule has 0 bridgehead atoms. The number of hydrogen-bond donors (Lipinski definition) is 1. The number of aliphatic imine (C=N–C) groups is 1. The lowest BCUT2D eigenvalue weighted by molar-refractivity contribution is -0.141. The molecule has 60 valence electrons. The number of nitrogens with zero attached hydrogens (tertiary/aromatic N) is 1. The Bertz CT molecular complexity index is 216. The van der Waals surface area contributed by atoms with Gasteiger partial charge in [0.2, 0.25) is 0 Å². The minimum Gasteiger partial charge on any atom is -0.481 e. The first-order chi connectivity index (χ1) is 5.29. The SMILES string of the molecule is O=C(O)C1CCC2SC=NC21. The monoisotopic (exact) mass is 171 g/mol. The van der Waals surface area contributed by atoms with Crippen molar-refractivity contribution >= 4 is 23.3 Å². The number of carboxylic acids is 1. The fourth-order valence-corrected chi connectivity index (χ4v) is 2.81. The highest BCUT2D eigenvalue weighted by molar-refractivity contribution is 8.12. The molecule has 0 aromatic rings. The number of hydrogen-bond acceptors (Lipinski definition) is 3. The Balaban J connectivity index is 2.14. The molecule has 0 radical (unpaired) electrons. The molecule has 3 nitrogen and oxygen atoms in total. The molecule has 0 spiro atoms. The molecule has 1 aliphatic heterocycles. The summed E-state index contributed by atoms with van der Waals surface area (Å²) in [5.41, 5.74) is 1.80. The molecule has 3 unspecified atom stereocenters. The molecule has 1 N–H and O–H groups in total. The summed E-state index contributed by atoms with van der Waals surface area (Å²) in [6, 6.07) is 0.0671. The quantitative estimate of drug-likeness (QED) is 0.640. The molecule has 4 heteroatoms. The summed E-state index contributed by atoms with van der Waals surface area (Å²) in [6.45, 7) is 0. The maximum Gasteiger partial charge on any atom is 0.308 e. The predicted octanol–water partition coefficient (Wildman–Crippen LogP) is 0.993. The summed E-state index contributed by atoms with van der Waals surface area (Å²) >= 11 is 1.68. The van der Waals surface area contributed by atoms with Crippen LogP contribution in [0.25, 0.3) is 0 Å². The van der Waals surface area contributed by atoms with E-state index in [1.165, 1.54) is 0 Å². The second-order valence-electron chi connectivity index (χ2n) is 2.94. The standard InChI is InChI=1S/C7H9NO2S/c9-7(10)4-1-2-5-6(4)8-3-11-5/h3-6H,1-2H2,(H,9,10). The molecule has 0 amide bonds. The van der Waals surface area contributed by atoms with Crippen LogP contribution in [-0.4, -0.2) is 27.9 Å². The van der Waals surface area contributed by atoms with Crippen molar-refractivity contribution in [3.8, 4) is 0 Å². The van der Waals surface area contributed by atoms with Crippen LogP contribution in [0.1, 0.15) is 12.8 Å². The Morgan fingerprint density at radius 2 is 2.45 bits per heavy atom. The van der Waals surface area contributed by atoms with Crippen LogP contribution < -0.4 is 0 Å². The van der Waals surface area contributed by atoms with Crippen LogP contribution in [0.5, 0.6) is 0 Å². The average molecular weight is 171 g/mol. The van der Waals surface area contributed by atoms with Gasteiger partial charge < -0.3 is 5.11 Å². The summed E-state index contributed by atoms with van der Waals surface area (Å²) in [5, 5.41) is 9.23. The number of aliphatic carboxylic acids is 1. The molecule has 0 aromatic carbocycles. The first-order valence-corrected chi connectivity index (χ1v) is 4.63. The largest absolute Gasteiger partial charge is 0.481 e. The molecule has 0 aromatic heterocycles. The van der Waals surface area contributed by atoms with Gasteiger partial charge in [-0.25, -0.2) is 0 Å². The molecule has 11 heavy (non-hydrogen) atoms. The lowest BCUT2D eigenvalue weighted by Gasteiger charge is -2.09. The van der Waals surface area contributed by atoms with Gasteiger partial charge in [0.25, 0.3) is 0 Å². The van der Waals surface area contributed by atoms with E-state index >= 15 is 0 Å². The van der Waals surface area contributed by atoms with Crippen molar-refractivity contribution in [2.75, 3.05) is 0 Å². The van der Waals surface area contributed by atoms with Gasteiger partial charge in [-0.3, -0.25) is 9.79 Å². The highest BCUT2D eigenvalue weighted by Crippen LogP contribution is 2.39. The van der Waals surface area contributed by atoms with Crippen molar-refractivity contribution < 1.29 is 9.90 Å². The molecule has 1 saturated carbocycles. The van der Waals surface area contributed by atoms with E-state index in [0.29, 0.717) is 5.25 Å². The third kappa shape index (κ3) is 1.05. The second-order valence-corrected chi connectivity index (χ2v) is 4.03. The van der Waals surface area contributed by atoms with Crippen molar-refractivity contribution in [1.82, 2.24) is 0 Å². The summed E-state index contributed by atoms with van der Waals surface area (Å²) in [4.78, 5) is 14.8. The molecule has 0 saturated heterocycles. The minimum atomic E-state index is -0.683. The molecule has 3 atom stereocenters. The van der Waals surface area contributed by atoms with Crippen LogP contribution in [0, 0.1) is 5.92 Å². The van der Waals surface area contributed by atoms with Gasteiger partial charge in [0.1, 0.15) is 0 Å². The fraction of sp³-hybridized carbons (Fsp3) is 0.714. The number of carbonyl (C=O) groups is 1. The van der Waals surface area contributed by atoms with Crippen LogP contribution in [0.4, 0.5) is 0 Å². The van der Waals surface area contributed by atoms with E-state index in [0.717, 1.165) is 12.8 Å². The van der Waals surface area contributed by atoms with Crippen LogP contribution in [0.15, 0.2) is 4.99 Å². The van der Waals surface area contributed by atoms with Gasteiger partial charge in [0, 0.05) is 5.25 Å². The van der Waals surface area contributed by atoms with E-state index in [-0.39, 0.29) is 12.0 Å². The zero-order valence-electron chi connectivity index (χ0n) is 5.93. The van der Waals surface area contributed by atoms with E-state index in [4.69, 9.17) is 5.11 Å². The maximum atomic E-state index is 10.7. The smallest absolute Gasteiger partial charge is 0.308 e. The van der Waals surface area contributed by atoms with E-state index in [2.05, 4.69) is 4.99 Å². The summed E-state index contributed by atoms with van der Waals surface area (Å²) in [6.07, 6.45) is 1.81. The van der Waals surface area contributed by atoms with Gasteiger partial charge in [0.15, 0.2) is 0 Å². The molecular weight excluding hydrogens is 162 g/mol. The summed E-state index contributed by atoms with van der Waals surface area (Å²) in [7, 11) is 0. The Labute approximate surface area is 68.9 Å². The third-order valence-corrected chi connectivity index (χ3v) is 3.45. The van der Waals surface area contributed by atoms with Crippen molar-refractivity contribution in [2.24, 2.45) is 10.9 Å². The lowest BCUT2D eigenvalue weighted by Crippen LogP contribution is -2.24. The Kier molecular flexibility index (Phi) is 1.64. The number of rotatable bonds is 1. The van der Waals surface area contributed by atoms with Gasteiger partial charge in [-0.05, 0) is 12.8 Å². The van der Waals surface area contributed by atoms with Crippen molar-refractivity contribution in [3.05, 3.63) is 0 Å². The number of fused-ring (bicyclic) bond motifs is 1. The van der Waals surface area contributed by atoms with Crippen molar-refractivity contribution in [3.63, 3.8) is 0 Å². The summed E-state index contributed by atoms with van der Waals surface area (Å²) < 4.78 is 0. The summed E-state index contributed by atoms with van der Waals surface area (Å²) in [5.74, 6) is -0.900. The first-order valence-electron chi connectivity index (χ1n) is 3.69. The van der Waals surface area contributed by atoms with E-state index in [1.807, 2.05) is 0 Å². The van der Waals surface area contributed by atoms with Crippen LogP contribution in [-0.2, 0) is 4.79 Å². The van der Waals surface area contributed by atoms with Gasteiger partial charge in [0.05, 0.1) is 17.5 Å². The molecular formula is C7H9NO2S. The zero-order chi connectivity index (χ0) is 7.84. The van der Waals surface area contributed by atoms with Gasteiger partial charge in [-0.1, -0.05) is 0 Å². The fourth-order valence-electron chi connectivity index (χ4n) is 1.75. The van der Waals surface area contributed by atoms with Crippen molar-refractivity contribution in [2.45, 2.75) is 24.1 Å².